The highest BCUT2D eigenvalue weighted by atomic mass is 16.5. The Morgan fingerprint density at radius 2 is 1.80 bits per heavy atom. The van der Waals surface area contributed by atoms with Crippen LogP contribution in [-0.4, -0.2) is 19.1 Å². The zero-order chi connectivity index (χ0) is 12.1. The highest BCUT2D eigenvalue weighted by molar-refractivity contribution is 5.81. The molecule has 0 aliphatic carbocycles. The molecule has 3 N–H and O–H groups in total. The summed E-state index contributed by atoms with van der Waals surface area (Å²) in [5, 5.41) is 0. The van der Waals surface area contributed by atoms with Crippen molar-refractivity contribution < 1.29 is 9.53 Å². The third-order valence-corrected chi connectivity index (χ3v) is 2.21. The number of amides is 1. The van der Waals surface area contributed by atoms with Gasteiger partial charge in [0.2, 0.25) is 5.91 Å². The van der Waals surface area contributed by atoms with E-state index in [1.807, 2.05) is 13.8 Å². The first-order valence-electron chi connectivity index (χ1n) is 5.28. The van der Waals surface area contributed by atoms with Crippen LogP contribution in [0.25, 0.3) is 0 Å². The fraction of sp³-hybridized carbons (Fsp3) is 0.909. The molecule has 0 aromatic rings. The molecule has 0 aromatic heterocycles. The standard InChI is InChI=1S/C11H24N2O2/c1-10(2,3)6-7-15-8-11(4,5)9(14)13-12/h6-8,12H2,1-5H3,(H,13,14). The quantitative estimate of drug-likeness (QED) is 0.316. The molecule has 0 heterocycles. The van der Waals surface area contributed by atoms with Crippen molar-refractivity contribution in [3.05, 3.63) is 0 Å². The van der Waals surface area contributed by atoms with Gasteiger partial charge in [-0.1, -0.05) is 20.8 Å². The Morgan fingerprint density at radius 1 is 1.27 bits per heavy atom. The van der Waals surface area contributed by atoms with Crippen LogP contribution in [0.4, 0.5) is 0 Å². The van der Waals surface area contributed by atoms with Gasteiger partial charge in [0.1, 0.15) is 0 Å². The summed E-state index contributed by atoms with van der Waals surface area (Å²) in [6, 6.07) is 0. The maximum atomic E-state index is 11.3. The lowest BCUT2D eigenvalue weighted by Crippen LogP contribution is -2.43. The van der Waals surface area contributed by atoms with Crippen molar-refractivity contribution in [2.24, 2.45) is 16.7 Å². The van der Waals surface area contributed by atoms with Crippen LogP contribution in [0.2, 0.25) is 0 Å². The molecule has 0 atom stereocenters. The monoisotopic (exact) mass is 216 g/mol. The van der Waals surface area contributed by atoms with E-state index in [4.69, 9.17) is 10.6 Å². The average Bonchev–Trinajstić information content (AvgIpc) is 2.09. The van der Waals surface area contributed by atoms with Crippen LogP contribution in [0.1, 0.15) is 41.0 Å². The first-order valence-corrected chi connectivity index (χ1v) is 5.28. The van der Waals surface area contributed by atoms with E-state index in [1.165, 1.54) is 0 Å². The number of carbonyl (C=O) groups excluding carboxylic acids is 1. The molecule has 1 amide bonds. The fourth-order valence-electron chi connectivity index (χ4n) is 0.967. The minimum Gasteiger partial charge on any atom is -0.380 e. The van der Waals surface area contributed by atoms with Crippen molar-refractivity contribution in [1.82, 2.24) is 5.43 Å². The molecule has 0 aromatic carbocycles. The smallest absolute Gasteiger partial charge is 0.241 e. The van der Waals surface area contributed by atoms with E-state index in [0.29, 0.717) is 13.2 Å². The predicted octanol–water partition coefficient (Wildman–Crippen LogP) is 1.46. The lowest BCUT2D eigenvalue weighted by Gasteiger charge is -2.23. The molecule has 0 rings (SSSR count). The second-order valence-electron chi connectivity index (χ2n) is 5.72. The number of hydrogen-bond acceptors (Lipinski definition) is 3. The van der Waals surface area contributed by atoms with Crippen LogP contribution in [0.5, 0.6) is 0 Å². The van der Waals surface area contributed by atoms with Gasteiger partial charge in [-0.05, 0) is 25.7 Å². The molecule has 15 heavy (non-hydrogen) atoms. The molecule has 0 spiro atoms. The van der Waals surface area contributed by atoms with Gasteiger partial charge in [-0.25, -0.2) is 5.84 Å². The molecule has 0 fully saturated rings. The van der Waals surface area contributed by atoms with E-state index >= 15 is 0 Å². The molecule has 0 bridgehead atoms. The maximum Gasteiger partial charge on any atom is 0.241 e. The first kappa shape index (κ1) is 14.4. The van der Waals surface area contributed by atoms with E-state index in [2.05, 4.69) is 26.2 Å². The maximum absolute atomic E-state index is 11.3. The third-order valence-electron chi connectivity index (χ3n) is 2.21. The van der Waals surface area contributed by atoms with Gasteiger partial charge in [-0.3, -0.25) is 10.2 Å². The summed E-state index contributed by atoms with van der Waals surface area (Å²) in [6.45, 7) is 11.2. The highest BCUT2D eigenvalue weighted by Gasteiger charge is 2.27. The van der Waals surface area contributed by atoms with Crippen LogP contribution in [-0.2, 0) is 9.53 Å². The highest BCUT2D eigenvalue weighted by Crippen LogP contribution is 2.20. The second kappa shape index (κ2) is 5.47. The Labute approximate surface area is 92.5 Å². The summed E-state index contributed by atoms with van der Waals surface area (Å²) in [5.74, 6) is 4.88. The molecular weight excluding hydrogens is 192 g/mol. The van der Waals surface area contributed by atoms with Crippen molar-refractivity contribution in [2.45, 2.75) is 41.0 Å². The van der Waals surface area contributed by atoms with E-state index in [9.17, 15) is 4.79 Å². The van der Waals surface area contributed by atoms with Gasteiger partial charge in [-0.15, -0.1) is 0 Å². The van der Waals surface area contributed by atoms with Crippen LogP contribution in [0.3, 0.4) is 0 Å². The molecule has 0 unspecified atom stereocenters. The molecule has 0 radical (unpaired) electrons. The van der Waals surface area contributed by atoms with E-state index < -0.39 is 5.41 Å². The van der Waals surface area contributed by atoms with Gasteiger partial charge in [0.15, 0.2) is 0 Å². The third kappa shape index (κ3) is 6.47. The molecular formula is C11H24N2O2. The van der Waals surface area contributed by atoms with Crippen LogP contribution < -0.4 is 11.3 Å². The summed E-state index contributed by atoms with van der Waals surface area (Å²) in [6.07, 6.45) is 0.979. The number of carbonyl (C=O) groups is 1. The van der Waals surface area contributed by atoms with E-state index in [-0.39, 0.29) is 11.3 Å². The Bertz CT molecular complexity index is 207. The number of hydrazine groups is 1. The van der Waals surface area contributed by atoms with Crippen molar-refractivity contribution in [2.75, 3.05) is 13.2 Å². The second-order valence-corrected chi connectivity index (χ2v) is 5.72. The largest absolute Gasteiger partial charge is 0.380 e. The zero-order valence-corrected chi connectivity index (χ0v) is 10.5. The molecule has 0 aliphatic rings. The van der Waals surface area contributed by atoms with Crippen LogP contribution >= 0.6 is 0 Å². The van der Waals surface area contributed by atoms with E-state index in [0.717, 1.165) is 6.42 Å². The fourth-order valence-corrected chi connectivity index (χ4v) is 0.967. The van der Waals surface area contributed by atoms with Crippen molar-refractivity contribution in [1.29, 1.82) is 0 Å². The number of hydrogen-bond donors (Lipinski definition) is 2. The molecule has 0 saturated heterocycles. The van der Waals surface area contributed by atoms with Gasteiger partial charge < -0.3 is 4.74 Å². The SMILES string of the molecule is CC(C)(C)CCOCC(C)(C)C(=O)NN. The van der Waals surface area contributed by atoms with Crippen LogP contribution in [0, 0.1) is 10.8 Å². The lowest BCUT2D eigenvalue weighted by atomic mass is 9.92. The first-order chi connectivity index (χ1) is 6.69. The van der Waals surface area contributed by atoms with Gasteiger partial charge in [0, 0.05) is 6.61 Å². The Morgan fingerprint density at radius 3 is 2.20 bits per heavy atom. The topological polar surface area (TPSA) is 64.3 Å². The molecule has 0 saturated carbocycles. The molecule has 90 valence electrons. The number of ether oxygens (including phenoxy) is 1. The van der Waals surface area contributed by atoms with Gasteiger partial charge >= 0.3 is 0 Å². The number of nitrogens with one attached hydrogen (secondary N) is 1. The average molecular weight is 216 g/mol. The minimum atomic E-state index is -0.563. The summed E-state index contributed by atoms with van der Waals surface area (Å²) >= 11 is 0. The van der Waals surface area contributed by atoms with Crippen molar-refractivity contribution in [3.8, 4) is 0 Å². The minimum absolute atomic E-state index is 0.196. The normalized spacial score (nSPS) is 12.7. The molecule has 0 aliphatic heterocycles. The van der Waals surface area contributed by atoms with Gasteiger partial charge in [0.25, 0.3) is 0 Å². The Hall–Kier alpha value is -0.610. The summed E-state index contributed by atoms with van der Waals surface area (Å²) in [4.78, 5) is 11.3. The molecule has 4 heteroatoms. The summed E-state index contributed by atoms with van der Waals surface area (Å²) in [7, 11) is 0. The number of nitrogens with two attached hydrogens (primary N) is 1. The summed E-state index contributed by atoms with van der Waals surface area (Å²) in [5.41, 5.74) is 1.84. The van der Waals surface area contributed by atoms with Crippen molar-refractivity contribution in [3.63, 3.8) is 0 Å². The lowest BCUT2D eigenvalue weighted by molar-refractivity contribution is -0.132. The number of rotatable bonds is 5. The van der Waals surface area contributed by atoms with Gasteiger partial charge in [0.05, 0.1) is 12.0 Å². The summed E-state index contributed by atoms with van der Waals surface area (Å²) < 4.78 is 5.48. The van der Waals surface area contributed by atoms with Crippen molar-refractivity contribution >= 4 is 5.91 Å². The predicted molar refractivity (Wildman–Crippen MR) is 61.0 cm³/mol. The molecule has 4 nitrogen and oxygen atoms in total. The van der Waals surface area contributed by atoms with Gasteiger partial charge in [-0.2, -0.15) is 0 Å². The van der Waals surface area contributed by atoms with E-state index in [1.54, 1.807) is 0 Å². The Balaban J connectivity index is 3.81. The zero-order valence-electron chi connectivity index (χ0n) is 10.5. The Kier molecular flexibility index (Phi) is 5.24. The van der Waals surface area contributed by atoms with Crippen LogP contribution in [0.15, 0.2) is 0 Å².